The average molecular weight is 388 g/mol. The Balaban J connectivity index is 1.41. The van der Waals surface area contributed by atoms with Crippen LogP contribution in [0.2, 0.25) is 0 Å². The molecule has 29 heavy (non-hydrogen) atoms. The number of benzene rings is 1. The standard InChI is InChI=1S/C20H20N8O/c1-13-12-18(26(2)24-13)27-11-10-15(20(27)29)21-16-8-9-17-22-23-19(28(17)25-16)14-6-4-3-5-7-14/h3-9,12,15H,10-11H2,1-2H3,(H,21,25). The molecule has 9 heteroatoms. The van der Waals surface area contributed by atoms with Gasteiger partial charge in [-0.05, 0) is 25.5 Å². The van der Waals surface area contributed by atoms with Gasteiger partial charge in [-0.3, -0.25) is 14.4 Å². The lowest BCUT2D eigenvalue weighted by molar-refractivity contribution is -0.117. The average Bonchev–Trinajstić information content (AvgIpc) is 3.40. The van der Waals surface area contributed by atoms with Crippen LogP contribution in [0.25, 0.3) is 17.0 Å². The summed E-state index contributed by atoms with van der Waals surface area (Å²) in [7, 11) is 1.85. The first-order chi connectivity index (χ1) is 14.1. The van der Waals surface area contributed by atoms with Crippen LogP contribution in [0.1, 0.15) is 12.1 Å². The number of carbonyl (C=O) groups excluding carboxylic acids is 1. The molecule has 1 saturated heterocycles. The van der Waals surface area contributed by atoms with E-state index < -0.39 is 0 Å². The second-order valence-electron chi connectivity index (χ2n) is 7.12. The van der Waals surface area contributed by atoms with Crippen molar-refractivity contribution in [3.05, 3.63) is 54.2 Å². The largest absolute Gasteiger partial charge is 0.357 e. The van der Waals surface area contributed by atoms with Gasteiger partial charge >= 0.3 is 0 Å². The van der Waals surface area contributed by atoms with Gasteiger partial charge in [0.2, 0.25) is 0 Å². The van der Waals surface area contributed by atoms with Crippen molar-refractivity contribution in [1.29, 1.82) is 0 Å². The number of anilines is 2. The van der Waals surface area contributed by atoms with Gasteiger partial charge in [0.1, 0.15) is 17.7 Å². The third kappa shape index (κ3) is 3.00. The first-order valence-electron chi connectivity index (χ1n) is 9.46. The summed E-state index contributed by atoms with van der Waals surface area (Å²) in [5.74, 6) is 2.09. The van der Waals surface area contributed by atoms with E-state index in [0.29, 0.717) is 30.3 Å². The number of fused-ring (bicyclic) bond motifs is 1. The molecule has 1 atom stereocenters. The van der Waals surface area contributed by atoms with Crippen LogP contribution in [0.5, 0.6) is 0 Å². The van der Waals surface area contributed by atoms with Crippen LogP contribution < -0.4 is 10.2 Å². The zero-order valence-corrected chi connectivity index (χ0v) is 16.1. The molecule has 1 aliphatic rings. The molecule has 4 heterocycles. The van der Waals surface area contributed by atoms with E-state index in [1.807, 2.05) is 62.5 Å². The number of nitrogens with zero attached hydrogens (tertiary/aromatic N) is 7. The lowest BCUT2D eigenvalue weighted by Gasteiger charge is -2.17. The Hall–Kier alpha value is -3.75. The van der Waals surface area contributed by atoms with E-state index in [1.54, 1.807) is 14.1 Å². The summed E-state index contributed by atoms with van der Waals surface area (Å²) in [6.07, 6.45) is 0.691. The molecule has 0 saturated carbocycles. The molecule has 0 bridgehead atoms. The van der Waals surface area contributed by atoms with Gasteiger partial charge in [0.05, 0.1) is 5.69 Å². The number of hydrogen-bond donors (Lipinski definition) is 1. The fraction of sp³-hybridized carbons (Fsp3) is 0.250. The van der Waals surface area contributed by atoms with Crippen LogP contribution in [0, 0.1) is 6.92 Å². The summed E-state index contributed by atoms with van der Waals surface area (Å²) in [5.41, 5.74) is 2.47. The predicted molar refractivity (Wildman–Crippen MR) is 109 cm³/mol. The molecule has 1 aromatic carbocycles. The second kappa shape index (κ2) is 6.69. The highest BCUT2D eigenvalue weighted by molar-refractivity contribution is 6.00. The molecule has 0 spiro atoms. The number of nitrogens with one attached hydrogen (secondary N) is 1. The maximum absolute atomic E-state index is 12.9. The molecule has 0 aliphatic carbocycles. The normalized spacial score (nSPS) is 16.7. The first-order valence-corrected chi connectivity index (χ1v) is 9.46. The minimum Gasteiger partial charge on any atom is -0.357 e. The molecule has 1 unspecified atom stereocenters. The number of amides is 1. The molecule has 1 fully saturated rings. The van der Waals surface area contributed by atoms with Crippen molar-refractivity contribution in [2.24, 2.45) is 7.05 Å². The van der Waals surface area contributed by atoms with Crippen LogP contribution in [-0.2, 0) is 11.8 Å². The Morgan fingerprint density at radius 2 is 1.90 bits per heavy atom. The van der Waals surface area contributed by atoms with Crippen LogP contribution in [0.4, 0.5) is 11.6 Å². The van der Waals surface area contributed by atoms with Gasteiger partial charge in [0.15, 0.2) is 11.5 Å². The Labute approximate surface area is 167 Å². The van der Waals surface area contributed by atoms with E-state index in [-0.39, 0.29) is 11.9 Å². The topological polar surface area (TPSA) is 93.2 Å². The van der Waals surface area contributed by atoms with Gasteiger partial charge < -0.3 is 5.32 Å². The number of rotatable bonds is 4. The van der Waals surface area contributed by atoms with Gasteiger partial charge in [0.25, 0.3) is 5.91 Å². The van der Waals surface area contributed by atoms with E-state index in [0.717, 1.165) is 17.1 Å². The van der Waals surface area contributed by atoms with Crippen molar-refractivity contribution in [2.45, 2.75) is 19.4 Å². The molecular weight excluding hydrogens is 368 g/mol. The van der Waals surface area contributed by atoms with Crippen molar-refractivity contribution in [3.8, 4) is 11.4 Å². The molecule has 1 N–H and O–H groups in total. The lowest BCUT2D eigenvalue weighted by atomic mass is 10.2. The third-order valence-corrected chi connectivity index (χ3v) is 5.08. The summed E-state index contributed by atoms with van der Waals surface area (Å²) in [6, 6.07) is 15.0. The van der Waals surface area contributed by atoms with Gasteiger partial charge in [-0.15, -0.1) is 15.3 Å². The highest BCUT2D eigenvalue weighted by atomic mass is 16.2. The number of aryl methyl sites for hydroxylation is 2. The molecule has 9 nitrogen and oxygen atoms in total. The highest BCUT2D eigenvalue weighted by Gasteiger charge is 2.34. The lowest BCUT2D eigenvalue weighted by Crippen LogP contribution is -2.34. The number of hydrogen-bond acceptors (Lipinski definition) is 6. The zero-order valence-electron chi connectivity index (χ0n) is 16.1. The molecule has 5 rings (SSSR count). The summed E-state index contributed by atoms with van der Waals surface area (Å²) >= 11 is 0. The van der Waals surface area contributed by atoms with Crippen molar-refractivity contribution < 1.29 is 4.79 Å². The van der Waals surface area contributed by atoms with Crippen molar-refractivity contribution in [2.75, 3.05) is 16.8 Å². The second-order valence-corrected chi connectivity index (χ2v) is 7.12. The van der Waals surface area contributed by atoms with Crippen LogP contribution in [0.15, 0.2) is 48.5 Å². The van der Waals surface area contributed by atoms with Crippen LogP contribution in [-0.4, -0.2) is 48.1 Å². The van der Waals surface area contributed by atoms with E-state index in [2.05, 4.69) is 25.7 Å². The quantitative estimate of drug-likeness (QED) is 0.575. The molecule has 1 aliphatic heterocycles. The fourth-order valence-corrected chi connectivity index (χ4v) is 3.70. The SMILES string of the molecule is Cc1cc(N2CCC(Nc3ccc4nnc(-c5ccccc5)n4n3)C2=O)n(C)n1. The zero-order chi connectivity index (χ0) is 20.0. The molecule has 3 aromatic heterocycles. The summed E-state index contributed by atoms with van der Waals surface area (Å²) in [4.78, 5) is 14.7. The molecule has 4 aromatic rings. The van der Waals surface area contributed by atoms with E-state index >= 15 is 0 Å². The van der Waals surface area contributed by atoms with Crippen molar-refractivity contribution in [1.82, 2.24) is 29.6 Å². The molecule has 146 valence electrons. The van der Waals surface area contributed by atoms with Gasteiger partial charge in [-0.25, -0.2) is 0 Å². The van der Waals surface area contributed by atoms with E-state index in [1.165, 1.54) is 0 Å². The number of aromatic nitrogens is 6. The van der Waals surface area contributed by atoms with Gasteiger partial charge in [-0.2, -0.15) is 9.61 Å². The smallest absolute Gasteiger partial charge is 0.250 e. The fourth-order valence-electron chi connectivity index (χ4n) is 3.70. The van der Waals surface area contributed by atoms with Gasteiger partial charge in [-0.1, -0.05) is 30.3 Å². The monoisotopic (exact) mass is 388 g/mol. The number of carbonyl (C=O) groups is 1. The first kappa shape index (κ1) is 17.4. The third-order valence-electron chi connectivity index (χ3n) is 5.08. The highest BCUT2D eigenvalue weighted by Crippen LogP contribution is 2.24. The van der Waals surface area contributed by atoms with E-state index in [4.69, 9.17) is 0 Å². The Morgan fingerprint density at radius 3 is 2.66 bits per heavy atom. The Morgan fingerprint density at radius 1 is 1.07 bits per heavy atom. The van der Waals surface area contributed by atoms with Crippen molar-refractivity contribution >= 4 is 23.2 Å². The minimum absolute atomic E-state index is 0.0157. The molecule has 1 amide bonds. The predicted octanol–water partition coefficient (Wildman–Crippen LogP) is 2.05. The van der Waals surface area contributed by atoms with E-state index in [9.17, 15) is 4.79 Å². The summed E-state index contributed by atoms with van der Waals surface area (Å²) in [5, 5.41) is 20.7. The minimum atomic E-state index is -0.341. The molecular formula is C20H20N8O. The maximum Gasteiger partial charge on any atom is 0.250 e. The Kier molecular flexibility index (Phi) is 4.01. The maximum atomic E-state index is 12.9. The Bertz CT molecular complexity index is 1200. The van der Waals surface area contributed by atoms with Crippen LogP contribution >= 0.6 is 0 Å². The van der Waals surface area contributed by atoms with Crippen molar-refractivity contribution in [3.63, 3.8) is 0 Å². The van der Waals surface area contributed by atoms with Crippen LogP contribution in [0.3, 0.4) is 0 Å². The van der Waals surface area contributed by atoms with Gasteiger partial charge in [0, 0.05) is 25.2 Å². The molecule has 0 radical (unpaired) electrons. The summed E-state index contributed by atoms with van der Waals surface area (Å²) < 4.78 is 3.43. The summed E-state index contributed by atoms with van der Waals surface area (Å²) in [6.45, 7) is 2.56.